The van der Waals surface area contributed by atoms with Crippen LogP contribution in [0.1, 0.15) is 11.4 Å². The first kappa shape index (κ1) is 30.3. The Morgan fingerprint density at radius 3 is 1.31 bits per heavy atom. The summed E-state index contributed by atoms with van der Waals surface area (Å²) >= 11 is 27.0. The van der Waals surface area contributed by atoms with Crippen LogP contribution in [0.2, 0.25) is 20.1 Å². The number of aromatic nitrogens is 4. The molecule has 3 aromatic carbocycles. The zero-order valence-electron chi connectivity index (χ0n) is 24.5. The second-order valence-corrected chi connectivity index (χ2v) is 12.9. The number of phenols is 3. The lowest BCUT2D eigenvalue weighted by Crippen LogP contribution is -1.89. The largest absolute Gasteiger partial charge is 0.508 e. The van der Waals surface area contributed by atoms with Gasteiger partial charge in [-0.1, -0.05) is 58.5 Å². The lowest BCUT2D eigenvalue weighted by Gasteiger charge is -2.10. The second kappa shape index (κ2) is 11.6. The minimum atomic E-state index is -0.0554. The maximum absolute atomic E-state index is 10.2. The number of phenolic OH excluding ortho intramolecular Hbond substituents is 3. The van der Waals surface area contributed by atoms with Crippen molar-refractivity contribution in [2.75, 3.05) is 0 Å². The molecule has 48 heavy (non-hydrogen) atoms. The molecule has 1 aliphatic heterocycles. The Kier molecular flexibility index (Phi) is 7.31. The smallest absolute Gasteiger partial charge is 0.118 e. The summed E-state index contributed by atoms with van der Waals surface area (Å²) in [6.07, 6.45) is 3.78. The van der Waals surface area contributed by atoms with Gasteiger partial charge in [0.05, 0.1) is 37.0 Å². The van der Waals surface area contributed by atoms with Gasteiger partial charge in [-0.3, -0.25) is 0 Å². The van der Waals surface area contributed by atoms with E-state index in [-0.39, 0.29) is 37.3 Å². The van der Waals surface area contributed by atoms with E-state index in [2.05, 4.69) is 15.0 Å². The van der Waals surface area contributed by atoms with Crippen LogP contribution in [0.4, 0.5) is 0 Å². The molecular weight excluding hydrogens is 690 g/mol. The average molecular weight is 712 g/mol. The van der Waals surface area contributed by atoms with E-state index < -0.39 is 0 Å². The van der Waals surface area contributed by atoms with E-state index in [4.69, 9.17) is 51.4 Å². The molecule has 11 heteroatoms. The summed E-state index contributed by atoms with van der Waals surface area (Å²) in [7, 11) is 0. The van der Waals surface area contributed by atoms with Gasteiger partial charge in [-0.25, -0.2) is 4.98 Å². The van der Waals surface area contributed by atoms with Crippen LogP contribution in [-0.2, 0) is 0 Å². The molecule has 0 aliphatic carbocycles. The van der Waals surface area contributed by atoms with Crippen molar-refractivity contribution in [1.82, 2.24) is 19.9 Å². The maximum Gasteiger partial charge on any atom is 0.118 e. The fourth-order valence-electron chi connectivity index (χ4n) is 6.21. The van der Waals surface area contributed by atoms with Crippen molar-refractivity contribution < 1.29 is 15.3 Å². The van der Waals surface area contributed by atoms with E-state index in [1.54, 1.807) is 12.1 Å². The van der Waals surface area contributed by atoms with E-state index in [0.29, 0.717) is 50.2 Å². The first-order valence-corrected chi connectivity index (χ1v) is 16.2. The fraction of sp³-hybridized carbons (Fsp3) is 0. The summed E-state index contributed by atoms with van der Waals surface area (Å²) in [5.41, 5.74) is 9.55. The Labute approximate surface area is 292 Å². The molecule has 0 unspecified atom stereocenters. The highest BCUT2D eigenvalue weighted by Crippen LogP contribution is 2.44. The van der Waals surface area contributed by atoms with E-state index >= 15 is 0 Å². The Balaban J connectivity index is 1.58. The van der Waals surface area contributed by atoms with Gasteiger partial charge in [0.25, 0.3) is 0 Å². The van der Waals surface area contributed by atoms with Crippen LogP contribution < -0.4 is 0 Å². The molecule has 0 atom stereocenters. The molecule has 0 amide bonds. The summed E-state index contributed by atoms with van der Waals surface area (Å²) in [6, 6.07) is 24.3. The molecule has 0 spiro atoms. The van der Waals surface area contributed by atoms with Crippen molar-refractivity contribution in [3.8, 4) is 50.6 Å². The summed E-state index contributed by atoms with van der Waals surface area (Å²) < 4.78 is 0. The van der Waals surface area contributed by atoms with Crippen LogP contribution in [-0.4, -0.2) is 35.3 Å². The Morgan fingerprint density at radius 1 is 0.396 bits per heavy atom. The maximum atomic E-state index is 10.2. The number of aromatic hydroxyl groups is 3. The number of fused-ring (bicyclic) bond motifs is 9. The predicted molar refractivity (Wildman–Crippen MR) is 197 cm³/mol. The lowest BCUT2D eigenvalue weighted by atomic mass is 10.0. The summed E-state index contributed by atoms with van der Waals surface area (Å²) in [5, 5.41) is 31.6. The standard InChI is InChI=1S/C37H22Cl4N4O3/c38-21-13-19(47)14-22(39)34(21)36-29-7-5-25(42-29)26-6-8-30(43-26)37(35-23(40)15-20(48)16-24(35)41)32-12-10-28(45-32)33(27-9-11-31(36)44-27)17-1-3-18(46)4-2-17/h1-16,42,44-48H. The number of aromatic amines is 3. The highest BCUT2D eigenvalue weighted by Gasteiger charge is 2.20. The van der Waals surface area contributed by atoms with Gasteiger partial charge in [0.15, 0.2) is 0 Å². The highest BCUT2D eigenvalue weighted by atomic mass is 35.5. The quantitative estimate of drug-likeness (QED) is 0.109. The summed E-state index contributed by atoms with van der Waals surface area (Å²) in [4.78, 5) is 15.6. The zero-order chi connectivity index (χ0) is 33.3. The third kappa shape index (κ3) is 5.12. The molecule has 8 bridgehead atoms. The van der Waals surface area contributed by atoms with Gasteiger partial charge in [-0.05, 0) is 90.5 Å². The molecule has 0 radical (unpaired) electrons. The van der Waals surface area contributed by atoms with Crippen LogP contribution in [0.15, 0.2) is 84.9 Å². The molecule has 7 aromatic rings. The highest BCUT2D eigenvalue weighted by molar-refractivity contribution is 6.41. The first-order chi connectivity index (χ1) is 23.1. The number of nitrogens with zero attached hydrogens (tertiary/aromatic N) is 1. The van der Waals surface area contributed by atoms with Crippen molar-refractivity contribution in [3.05, 3.63) is 116 Å². The van der Waals surface area contributed by atoms with E-state index in [1.807, 2.05) is 60.7 Å². The van der Waals surface area contributed by atoms with E-state index in [0.717, 1.165) is 27.7 Å². The van der Waals surface area contributed by atoms with Crippen molar-refractivity contribution in [1.29, 1.82) is 0 Å². The Hall–Kier alpha value is -5.05. The van der Waals surface area contributed by atoms with Gasteiger partial charge in [0.2, 0.25) is 0 Å². The summed E-state index contributed by atoms with van der Waals surface area (Å²) in [6.45, 7) is 0. The van der Waals surface area contributed by atoms with Gasteiger partial charge in [-0.15, -0.1) is 0 Å². The van der Waals surface area contributed by atoms with Gasteiger partial charge < -0.3 is 30.3 Å². The molecule has 7 nitrogen and oxygen atoms in total. The fourth-order valence-corrected chi connectivity index (χ4v) is 7.54. The third-order valence-electron chi connectivity index (χ3n) is 8.29. The van der Waals surface area contributed by atoms with Crippen LogP contribution in [0.5, 0.6) is 17.2 Å². The minimum Gasteiger partial charge on any atom is -0.508 e. The van der Waals surface area contributed by atoms with Crippen molar-refractivity contribution in [3.63, 3.8) is 0 Å². The molecule has 1 aliphatic rings. The van der Waals surface area contributed by atoms with Crippen molar-refractivity contribution in [2.45, 2.75) is 0 Å². The molecule has 8 rings (SSSR count). The molecule has 0 fully saturated rings. The van der Waals surface area contributed by atoms with Crippen LogP contribution in [0.25, 0.3) is 78.6 Å². The van der Waals surface area contributed by atoms with E-state index in [9.17, 15) is 15.3 Å². The number of nitrogens with one attached hydrogen (secondary N) is 3. The van der Waals surface area contributed by atoms with Gasteiger partial charge in [0, 0.05) is 55.4 Å². The normalized spacial score (nSPS) is 11.9. The third-order valence-corrected chi connectivity index (χ3v) is 9.48. The number of halogens is 4. The second-order valence-electron chi connectivity index (χ2n) is 11.3. The summed E-state index contributed by atoms with van der Waals surface area (Å²) in [5.74, 6) is 0.0295. The van der Waals surface area contributed by atoms with Gasteiger partial charge >= 0.3 is 0 Å². The van der Waals surface area contributed by atoms with Crippen molar-refractivity contribution >= 4 is 91.7 Å². The Morgan fingerprint density at radius 2 is 0.792 bits per heavy atom. The number of hydrogen-bond acceptors (Lipinski definition) is 4. The lowest BCUT2D eigenvalue weighted by molar-refractivity contribution is 0.475. The van der Waals surface area contributed by atoms with Gasteiger partial charge in [0.1, 0.15) is 17.2 Å². The zero-order valence-corrected chi connectivity index (χ0v) is 27.6. The molecular formula is C37H22Cl4N4O3. The number of hydrogen-bond donors (Lipinski definition) is 6. The molecule has 0 saturated carbocycles. The molecule has 6 N–H and O–H groups in total. The first-order valence-electron chi connectivity index (χ1n) is 14.6. The Bertz CT molecular complexity index is 2550. The predicted octanol–water partition coefficient (Wildman–Crippen LogP) is 11.4. The molecule has 4 aromatic heterocycles. The average Bonchev–Trinajstić information content (AvgIpc) is 3.85. The minimum absolute atomic E-state index is 0.0502. The van der Waals surface area contributed by atoms with Crippen molar-refractivity contribution in [2.24, 2.45) is 0 Å². The monoisotopic (exact) mass is 710 g/mol. The molecule has 0 saturated heterocycles. The number of H-pyrrole nitrogens is 3. The van der Waals surface area contributed by atoms with Gasteiger partial charge in [-0.2, -0.15) is 0 Å². The number of rotatable bonds is 3. The van der Waals surface area contributed by atoms with Crippen LogP contribution in [0.3, 0.4) is 0 Å². The van der Waals surface area contributed by atoms with E-state index in [1.165, 1.54) is 24.3 Å². The van der Waals surface area contributed by atoms with Crippen LogP contribution >= 0.6 is 46.4 Å². The molecule has 5 heterocycles. The topological polar surface area (TPSA) is 121 Å². The SMILES string of the molecule is Oc1ccc(-c2c3ccc([nH]3)c(-c3c(Cl)cc(O)cc3Cl)c3nc(c4ccc([nH]4)c(-c4c(Cl)cc(O)cc4Cl)c4ccc2[nH]4)C=C3)cc1. The number of benzene rings is 3. The van der Waals surface area contributed by atoms with Crippen LogP contribution in [0, 0.1) is 0 Å². The molecule has 236 valence electrons.